The third-order valence-corrected chi connectivity index (χ3v) is 9.60. The average Bonchev–Trinajstić information content (AvgIpc) is 3.64. The van der Waals surface area contributed by atoms with Crippen LogP contribution in [0.15, 0.2) is 60.7 Å². The van der Waals surface area contributed by atoms with Gasteiger partial charge in [0.05, 0.1) is 31.7 Å². The molecule has 9 heteroatoms. The van der Waals surface area contributed by atoms with Gasteiger partial charge in [0.25, 0.3) is 5.60 Å². The summed E-state index contributed by atoms with van der Waals surface area (Å²) in [6.07, 6.45) is 5.43. The molecule has 6 rings (SSSR count). The lowest BCUT2D eigenvalue weighted by molar-refractivity contribution is -0.956. The molecule has 0 aliphatic carbocycles. The number of benzene rings is 2. The van der Waals surface area contributed by atoms with Gasteiger partial charge in [-0.05, 0) is 0 Å². The highest BCUT2D eigenvalue weighted by molar-refractivity contribution is 6.01. The quantitative estimate of drug-likeness (QED) is 0.272. The number of hydrogen-bond acceptors (Lipinski definition) is 7. The van der Waals surface area contributed by atoms with Crippen molar-refractivity contribution >= 4 is 23.9 Å². The molecule has 2 unspecified atom stereocenters. The maximum absolute atomic E-state index is 14.3. The summed E-state index contributed by atoms with van der Waals surface area (Å²) in [5.41, 5.74) is -1.00. The number of esters is 1. The van der Waals surface area contributed by atoms with E-state index in [-0.39, 0.29) is 43.9 Å². The van der Waals surface area contributed by atoms with E-state index >= 15 is 0 Å². The molecule has 0 radical (unpaired) electrons. The van der Waals surface area contributed by atoms with Gasteiger partial charge in [0, 0.05) is 62.5 Å². The molecule has 1 spiro atoms. The summed E-state index contributed by atoms with van der Waals surface area (Å²) in [7, 11) is 0. The smallest absolute Gasteiger partial charge is 0.458 e. The Hall–Kier alpha value is -3.72. The Labute approximate surface area is 239 Å². The van der Waals surface area contributed by atoms with Crippen LogP contribution in [0.3, 0.4) is 0 Å². The fourth-order valence-corrected chi connectivity index (χ4v) is 7.70. The second-order valence-corrected chi connectivity index (χ2v) is 11.7. The standard InChI is InChI=1S/C32H37N2O7/c35-28-15-16-29(36)33(28)17-20-39-31(38)41-32(23-9-3-1-4-10-23,24-11-5-2-6-12-24)30(37)40-27-21-25-13-14-26(22-27)34(25)18-7-8-19-34/h1-6,9-12,25-27H,7-8,13-22H2/q+1. The number of quaternary nitrogens is 1. The van der Waals surface area contributed by atoms with Crippen LogP contribution in [0.25, 0.3) is 0 Å². The van der Waals surface area contributed by atoms with Gasteiger partial charge in [0.1, 0.15) is 12.7 Å². The monoisotopic (exact) mass is 561 g/mol. The summed E-state index contributed by atoms with van der Waals surface area (Å²) in [6, 6.07) is 18.7. The van der Waals surface area contributed by atoms with Crippen LogP contribution in [0.1, 0.15) is 62.5 Å². The van der Waals surface area contributed by atoms with E-state index in [1.807, 2.05) is 12.1 Å². The highest BCUT2D eigenvalue weighted by Crippen LogP contribution is 2.47. The molecule has 2 aromatic carbocycles. The number of hydrogen-bond donors (Lipinski definition) is 0. The maximum Gasteiger partial charge on any atom is 0.510 e. The van der Waals surface area contributed by atoms with Crippen molar-refractivity contribution in [3.63, 3.8) is 0 Å². The SMILES string of the molecule is O=C(OCCN1C(=O)CCC1=O)OC(C(=O)OC1CC2CCC(C1)[N+]21CCCC1)(c1ccccc1)c1ccccc1. The normalized spacial score (nSPS) is 25.0. The lowest BCUT2D eigenvalue weighted by Crippen LogP contribution is -2.60. The van der Waals surface area contributed by atoms with E-state index in [0.717, 1.165) is 30.6 Å². The molecule has 0 saturated carbocycles. The zero-order valence-electron chi connectivity index (χ0n) is 23.2. The third-order valence-electron chi connectivity index (χ3n) is 9.60. The topological polar surface area (TPSA) is 99.2 Å². The number of likely N-dealkylation sites (tertiary alicyclic amines) is 1. The molecule has 0 N–H and O–H groups in total. The van der Waals surface area contributed by atoms with E-state index < -0.39 is 17.7 Å². The Kier molecular flexibility index (Phi) is 7.55. The van der Waals surface area contributed by atoms with Gasteiger partial charge in [0.2, 0.25) is 11.8 Å². The molecule has 4 saturated heterocycles. The molecule has 2 atom stereocenters. The molecular weight excluding hydrogens is 524 g/mol. The minimum atomic E-state index is -1.89. The van der Waals surface area contributed by atoms with Gasteiger partial charge in [-0.15, -0.1) is 0 Å². The zero-order chi connectivity index (χ0) is 28.5. The summed E-state index contributed by atoms with van der Waals surface area (Å²) in [5, 5.41) is 0. The summed E-state index contributed by atoms with van der Waals surface area (Å²) < 4.78 is 18.8. The summed E-state index contributed by atoms with van der Waals surface area (Å²) in [6.45, 7) is 2.14. The highest BCUT2D eigenvalue weighted by atomic mass is 16.7. The number of nitrogens with zero attached hydrogens (tertiary/aromatic N) is 2. The lowest BCUT2D eigenvalue weighted by atomic mass is 9.85. The van der Waals surface area contributed by atoms with Gasteiger partial charge in [-0.2, -0.15) is 0 Å². The van der Waals surface area contributed by atoms with E-state index in [4.69, 9.17) is 14.2 Å². The van der Waals surface area contributed by atoms with E-state index in [1.165, 1.54) is 30.4 Å². The van der Waals surface area contributed by atoms with Crippen LogP contribution in [0.4, 0.5) is 4.79 Å². The minimum Gasteiger partial charge on any atom is -0.458 e. The van der Waals surface area contributed by atoms with Crippen molar-refractivity contribution in [3.05, 3.63) is 71.8 Å². The van der Waals surface area contributed by atoms with Crippen LogP contribution in [-0.2, 0) is 34.2 Å². The van der Waals surface area contributed by atoms with Crippen molar-refractivity contribution in [3.8, 4) is 0 Å². The van der Waals surface area contributed by atoms with Gasteiger partial charge >= 0.3 is 12.1 Å². The number of ether oxygens (including phenoxy) is 3. The first-order valence-electron chi connectivity index (χ1n) is 14.8. The molecule has 9 nitrogen and oxygen atoms in total. The molecule has 4 aliphatic rings. The van der Waals surface area contributed by atoms with Gasteiger partial charge in [0.15, 0.2) is 0 Å². The lowest BCUT2D eigenvalue weighted by Gasteiger charge is -2.47. The highest BCUT2D eigenvalue weighted by Gasteiger charge is 2.57. The summed E-state index contributed by atoms with van der Waals surface area (Å²) in [5.74, 6) is -1.24. The molecule has 0 aromatic heterocycles. The molecule has 4 heterocycles. The van der Waals surface area contributed by atoms with Crippen molar-refractivity contribution < 1.29 is 37.9 Å². The number of piperidine rings is 1. The second kappa shape index (κ2) is 11.3. The van der Waals surface area contributed by atoms with E-state index in [1.54, 1.807) is 48.5 Å². The van der Waals surface area contributed by atoms with Gasteiger partial charge in [-0.1, -0.05) is 60.7 Å². The number of rotatable bonds is 8. The Bertz CT molecular complexity index is 1220. The van der Waals surface area contributed by atoms with Gasteiger partial charge in [-0.3, -0.25) is 14.5 Å². The van der Waals surface area contributed by atoms with E-state index in [0.29, 0.717) is 23.2 Å². The van der Waals surface area contributed by atoms with Crippen LogP contribution < -0.4 is 0 Å². The van der Waals surface area contributed by atoms with Crippen LogP contribution in [0, 0.1) is 0 Å². The summed E-state index contributed by atoms with van der Waals surface area (Å²) in [4.78, 5) is 52.5. The van der Waals surface area contributed by atoms with Crippen LogP contribution in [-0.4, -0.2) is 77.8 Å². The Morgan fingerprint density at radius 2 is 1.37 bits per heavy atom. The average molecular weight is 562 g/mol. The van der Waals surface area contributed by atoms with Crippen molar-refractivity contribution in [1.82, 2.24) is 4.90 Å². The fourth-order valence-electron chi connectivity index (χ4n) is 7.70. The molecule has 2 aromatic rings. The van der Waals surface area contributed by atoms with Gasteiger partial charge < -0.3 is 18.7 Å². The maximum atomic E-state index is 14.3. The molecule has 2 bridgehead atoms. The van der Waals surface area contributed by atoms with Crippen molar-refractivity contribution in [2.24, 2.45) is 0 Å². The number of carbonyl (C=O) groups excluding carboxylic acids is 4. The van der Waals surface area contributed by atoms with Crippen molar-refractivity contribution in [2.45, 2.75) is 75.2 Å². The second-order valence-electron chi connectivity index (χ2n) is 11.7. The molecule has 216 valence electrons. The largest absolute Gasteiger partial charge is 0.510 e. The van der Waals surface area contributed by atoms with Crippen LogP contribution >= 0.6 is 0 Å². The third kappa shape index (κ3) is 5.01. The Morgan fingerprint density at radius 3 is 1.90 bits per heavy atom. The predicted octanol–water partition coefficient (Wildman–Crippen LogP) is 4.08. The molecule has 2 amide bonds. The minimum absolute atomic E-state index is 0.0638. The zero-order valence-corrected chi connectivity index (χ0v) is 23.2. The van der Waals surface area contributed by atoms with E-state index in [2.05, 4.69) is 0 Å². The first kappa shape index (κ1) is 27.4. The fraction of sp³-hybridized carbons (Fsp3) is 0.500. The Morgan fingerprint density at radius 1 is 0.829 bits per heavy atom. The molecule has 4 aliphatic heterocycles. The number of carbonyl (C=O) groups is 4. The van der Waals surface area contributed by atoms with Crippen LogP contribution in [0.2, 0.25) is 0 Å². The molecular formula is C32H37N2O7+. The molecule has 41 heavy (non-hydrogen) atoms. The van der Waals surface area contributed by atoms with E-state index in [9.17, 15) is 19.2 Å². The first-order valence-corrected chi connectivity index (χ1v) is 14.8. The Balaban J connectivity index is 1.25. The first-order chi connectivity index (χ1) is 19.9. The number of imide groups is 1. The van der Waals surface area contributed by atoms with Crippen LogP contribution in [0.5, 0.6) is 0 Å². The van der Waals surface area contributed by atoms with Crippen molar-refractivity contribution in [2.75, 3.05) is 26.2 Å². The molecule has 4 fully saturated rings. The van der Waals surface area contributed by atoms with Crippen molar-refractivity contribution in [1.29, 1.82) is 0 Å². The number of amides is 2. The predicted molar refractivity (Wildman–Crippen MR) is 147 cm³/mol. The summed E-state index contributed by atoms with van der Waals surface area (Å²) >= 11 is 0. The van der Waals surface area contributed by atoms with Gasteiger partial charge in [-0.25, -0.2) is 9.59 Å².